The molecule has 166 valence electrons. The van der Waals surface area contributed by atoms with Gasteiger partial charge in [0.1, 0.15) is 11.9 Å². The van der Waals surface area contributed by atoms with E-state index in [0.717, 1.165) is 11.9 Å². The van der Waals surface area contributed by atoms with Crippen LogP contribution >= 0.6 is 0 Å². The van der Waals surface area contributed by atoms with Crippen LogP contribution in [0.3, 0.4) is 0 Å². The van der Waals surface area contributed by atoms with E-state index in [4.69, 9.17) is 11.2 Å². The molecular weight excluding hydrogens is 411 g/mol. The number of methoxy groups -OCH3 is 2. The van der Waals surface area contributed by atoms with Crippen LogP contribution in [0.15, 0.2) is 66.9 Å². The molecule has 0 spiro atoms. The van der Waals surface area contributed by atoms with Crippen molar-refractivity contribution < 1.29 is 19.0 Å². The number of hydrogen-bond donors (Lipinski definition) is 3. The monoisotopic (exact) mass is 436 g/mol. The number of rotatable bonds is 7. The van der Waals surface area contributed by atoms with E-state index in [0.29, 0.717) is 17.0 Å². The van der Waals surface area contributed by atoms with E-state index in [1.807, 2.05) is 0 Å². The SMILES string of the molecule is C#CC(=C)C(O)c1cccc(Nc2nc(Nc3ccc(OC)cc3)ncc2F)c1.COC. The first-order valence-electron chi connectivity index (χ1n) is 9.46. The standard InChI is InChI=1S/C22H19FN4O2.C2H6O/c1-4-14(2)20(28)15-6-5-7-17(12-15)25-21-19(23)13-24-22(27-21)26-16-8-10-18(29-3)11-9-16;1-3-2/h1,5-13,20,28H,2H2,3H3,(H2,24,25,26,27);1-2H3. The highest BCUT2D eigenvalue weighted by atomic mass is 19.1. The number of nitrogens with one attached hydrogen (secondary N) is 2. The molecule has 0 aliphatic heterocycles. The summed E-state index contributed by atoms with van der Waals surface area (Å²) in [6, 6.07) is 13.9. The average Bonchev–Trinajstić information content (AvgIpc) is 2.81. The molecule has 2 aromatic carbocycles. The predicted octanol–water partition coefficient (Wildman–Crippen LogP) is 4.60. The fourth-order valence-corrected chi connectivity index (χ4v) is 2.52. The molecule has 0 radical (unpaired) electrons. The summed E-state index contributed by atoms with van der Waals surface area (Å²) < 4.78 is 23.6. The third-order valence-corrected chi connectivity index (χ3v) is 4.07. The van der Waals surface area contributed by atoms with Gasteiger partial charge in [-0.1, -0.05) is 24.6 Å². The molecule has 0 aliphatic carbocycles. The van der Waals surface area contributed by atoms with Crippen LogP contribution in [0.5, 0.6) is 5.75 Å². The maximum absolute atomic E-state index is 14.2. The van der Waals surface area contributed by atoms with Gasteiger partial charge in [0.25, 0.3) is 0 Å². The summed E-state index contributed by atoms with van der Waals surface area (Å²) in [7, 11) is 4.83. The van der Waals surface area contributed by atoms with Crippen LogP contribution < -0.4 is 15.4 Å². The molecule has 1 unspecified atom stereocenters. The Morgan fingerprint density at radius 1 is 1.12 bits per heavy atom. The first-order chi connectivity index (χ1) is 15.4. The van der Waals surface area contributed by atoms with E-state index in [1.54, 1.807) is 69.9 Å². The summed E-state index contributed by atoms with van der Waals surface area (Å²) in [6.07, 6.45) is 5.34. The van der Waals surface area contributed by atoms with Crippen LogP contribution in [0, 0.1) is 18.2 Å². The smallest absolute Gasteiger partial charge is 0.229 e. The van der Waals surface area contributed by atoms with E-state index in [1.165, 1.54) is 0 Å². The largest absolute Gasteiger partial charge is 0.497 e. The van der Waals surface area contributed by atoms with E-state index in [9.17, 15) is 9.50 Å². The number of halogens is 1. The minimum atomic E-state index is -1.01. The number of aliphatic hydroxyl groups is 1. The van der Waals surface area contributed by atoms with Crippen LogP contribution in [0.4, 0.5) is 27.5 Å². The highest BCUT2D eigenvalue weighted by molar-refractivity contribution is 5.61. The van der Waals surface area contributed by atoms with Crippen LogP contribution in [-0.4, -0.2) is 36.4 Å². The van der Waals surface area contributed by atoms with E-state index in [-0.39, 0.29) is 17.3 Å². The van der Waals surface area contributed by atoms with Crippen molar-refractivity contribution >= 4 is 23.1 Å². The highest BCUT2D eigenvalue weighted by Gasteiger charge is 2.12. The molecule has 0 bridgehead atoms. The Morgan fingerprint density at radius 2 is 1.81 bits per heavy atom. The van der Waals surface area contributed by atoms with E-state index in [2.05, 4.69) is 37.8 Å². The lowest BCUT2D eigenvalue weighted by Gasteiger charge is -2.13. The molecule has 0 aliphatic rings. The Labute approximate surface area is 187 Å². The molecule has 1 aromatic heterocycles. The van der Waals surface area contributed by atoms with Gasteiger partial charge in [0.05, 0.1) is 13.3 Å². The van der Waals surface area contributed by atoms with Crippen LogP contribution in [0.25, 0.3) is 0 Å². The van der Waals surface area contributed by atoms with Crippen molar-refractivity contribution in [3.05, 3.63) is 78.3 Å². The Bertz CT molecular complexity index is 1080. The fourth-order valence-electron chi connectivity index (χ4n) is 2.52. The molecule has 0 saturated carbocycles. The normalized spacial score (nSPS) is 10.8. The van der Waals surface area contributed by atoms with Crippen molar-refractivity contribution in [1.82, 2.24) is 9.97 Å². The topological polar surface area (TPSA) is 88.5 Å². The summed E-state index contributed by atoms with van der Waals surface area (Å²) in [6.45, 7) is 3.64. The molecule has 3 aromatic rings. The van der Waals surface area contributed by atoms with Gasteiger partial charge in [0.2, 0.25) is 5.95 Å². The fraction of sp³-hybridized carbons (Fsp3) is 0.167. The Morgan fingerprint density at radius 3 is 2.44 bits per heavy atom. The van der Waals surface area contributed by atoms with Crippen molar-refractivity contribution in [3.8, 4) is 18.1 Å². The quantitative estimate of drug-likeness (QED) is 0.467. The zero-order valence-corrected chi connectivity index (χ0v) is 18.1. The zero-order valence-electron chi connectivity index (χ0n) is 18.1. The maximum atomic E-state index is 14.2. The first kappa shape index (κ1) is 24.3. The van der Waals surface area contributed by atoms with E-state index >= 15 is 0 Å². The maximum Gasteiger partial charge on any atom is 0.229 e. The minimum absolute atomic E-state index is 0.0153. The van der Waals surface area contributed by atoms with E-state index < -0.39 is 11.9 Å². The molecule has 0 saturated heterocycles. The summed E-state index contributed by atoms with van der Waals surface area (Å²) in [5.41, 5.74) is 2.02. The lowest BCUT2D eigenvalue weighted by molar-refractivity contribution is 0.221. The molecule has 3 N–H and O–H groups in total. The second-order valence-electron chi connectivity index (χ2n) is 6.47. The lowest BCUT2D eigenvalue weighted by atomic mass is 10.0. The summed E-state index contributed by atoms with van der Waals surface area (Å²) in [5.74, 6) is 2.62. The van der Waals surface area contributed by atoms with Gasteiger partial charge in [-0.25, -0.2) is 9.37 Å². The summed E-state index contributed by atoms with van der Waals surface area (Å²) >= 11 is 0. The third kappa shape index (κ3) is 6.80. The number of aromatic nitrogens is 2. The van der Waals surface area contributed by atoms with Gasteiger partial charge in [-0.3, -0.25) is 0 Å². The number of aliphatic hydroxyl groups excluding tert-OH is 1. The summed E-state index contributed by atoms with van der Waals surface area (Å²) in [5, 5.41) is 16.1. The van der Waals surface area contributed by atoms with Crippen LogP contribution in [-0.2, 0) is 4.74 Å². The zero-order chi connectivity index (χ0) is 23.5. The van der Waals surface area contributed by atoms with Gasteiger partial charge in [-0.05, 0) is 42.0 Å². The number of nitrogens with zero attached hydrogens (tertiary/aromatic N) is 2. The first-order valence-corrected chi connectivity index (χ1v) is 9.46. The molecule has 3 rings (SSSR count). The molecule has 1 atom stereocenters. The number of ether oxygens (including phenoxy) is 2. The second kappa shape index (κ2) is 12.1. The number of terminal acetylenes is 1. The van der Waals surface area contributed by atoms with Gasteiger partial charge in [-0.2, -0.15) is 4.98 Å². The van der Waals surface area contributed by atoms with Gasteiger partial charge in [0, 0.05) is 31.2 Å². The number of anilines is 4. The highest BCUT2D eigenvalue weighted by Crippen LogP contribution is 2.26. The minimum Gasteiger partial charge on any atom is -0.497 e. The van der Waals surface area contributed by atoms with Crippen LogP contribution in [0.1, 0.15) is 11.7 Å². The van der Waals surface area contributed by atoms with Crippen molar-refractivity contribution in [2.75, 3.05) is 32.0 Å². The molecule has 0 amide bonds. The van der Waals surface area contributed by atoms with Crippen LogP contribution in [0.2, 0.25) is 0 Å². The summed E-state index contributed by atoms with van der Waals surface area (Å²) in [4.78, 5) is 8.14. The van der Waals surface area contributed by atoms with Crippen molar-refractivity contribution in [2.45, 2.75) is 6.10 Å². The molecule has 1 heterocycles. The molecule has 7 nitrogen and oxygen atoms in total. The van der Waals surface area contributed by atoms with Gasteiger partial charge in [-0.15, -0.1) is 6.42 Å². The number of hydrogen-bond acceptors (Lipinski definition) is 7. The predicted molar refractivity (Wildman–Crippen MR) is 124 cm³/mol. The Kier molecular flexibility index (Phi) is 9.17. The Balaban J connectivity index is 0.00000114. The molecule has 8 heteroatoms. The van der Waals surface area contributed by atoms with Gasteiger partial charge in [0.15, 0.2) is 11.6 Å². The van der Waals surface area contributed by atoms with Crippen molar-refractivity contribution in [1.29, 1.82) is 0 Å². The molecular formula is C24H25FN4O3. The molecule has 0 fully saturated rings. The van der Waals surface area contributed by atoms with Gasteiger partial charge < -0.3 is 25.2 Å². The van der Waals surface area contributed by atoms with Crippen molar-refractivity contribution in [2.24, 2.45) is 0 Å². The van der Waals surface area contributed by atoms with Crippen molar-refractivity contribution in [3.63, 3.8) is 0 Å². The lowest BCUT2D eigenvalue weighted by Crippen LogP contribution is -2.04. The van der Waals surface area contributed by atoms with Gasteiger partial charge >= 0.3 is 0 Å². The average molecular weight is 436 g/mol. The second-order valence-corrected chi connectivity index (χ2v) is 6.47. The Hall–Kier alpha value is -3.93. The number of benzene rings is 2. The molecule has 32 heavy (non-hydrogen) atoms. The third-order valence-electron chi connectivity index (χ3n) is 4.07.